The van der Waals surface area contributed by atoms with Crippen molar-refractivity contribution in [3.8, 4) is 0 Å². The Labute approximate surface area is 113 Å². The molecule has 0 saturated carbocycles. The lowest BCUT2D eigenvalue weighted by molar-refractivity contribution is -0.120. The predicted molar refractivity (Wildman–Crippen MR) is 71.9 cm³/mol. The summed E-state index contributed by atoms with van der Waals surface area (Å²) in [5.41, 5.74) is 2.82. The Morgan fingerprint density at radius 2 is 2.47 bits per heavy atom. The first kappa shape index (κ1) is 11.9. The fourth-order valence-electron chi connectivity index (χ4n) is 1.87. The molecule has 0 aliphatic carbocycles. The monoisotopic (exact) mass is 275 g/mol. The molecule has 0 saturated heterocycles. The zero-order valence-corrected chi connectivity index (χ0v) is 11.2. The number of aryl methyl sites for hydroxylation is 1. The number of carbonyl (C=O) groups is 1. The summed E-state index contributed by atoms with van der Waals surface area (Å²) >= 11 is 1.55. The van der Waals surface area contributed by atoms with Gasteiger partial charge in [0.15, 0.2) is 4.96 Å². The number of nitrogens with zero attached hydrogens (tertiary/aromatic N) is 3. The minimum atomic E-state index is -0.0133. The van der Waals surface area contributed by atoms with E-state index in [2.05, 4.69) is 20.5 Å². The molecule has 7 heteroatoms. The first-order valence-electron chi connectivity index (χ1n) is 5.89. The van der Waals surface area contributed by atoms with E-state index in [1.54, 1.807) is 17.5 Å². The quantitative estimate of drug-likeness (QED) is 0.753. The third-order valence-corrected chi connectivity index (χ3v) is 3.67. The zero-order valence-electron chi connectivity index (χ0n) is 10.4. The molecule has 6 nitrogen and oxygen atoms in total. The summed E-state index contributed by atoms with van der Waals surface area (Å²) in [6.07, 6.45) is 3.96. The fraction of sp³-hybridized carbons (Fsp3) is 0.250. The molecule has 98 valence electrons. The number of imidazole rings is 1. The van der Waals surface area contributed by atoms with Gasteiger partial charge in [-0.25, -0.2) is 4.98 Å². The molecule has 0 aliphatic rings. The molecule has 3 aromatic rings. The van der Waals surface area contributed by atoms with Crippen LogP contribution in [0.15, 0.2) is 23.8 Å². The number of aromatic nitrogens is 4. The number of hydrogen-bond acceptors (Lipinski definition) is 4. The van der Waals surface area contributed by atoms with Gasteiger partial charge in [0.2, 0.25) is 5.91 Å². The molecule has 0 aliphatic heterocycles. The molecule has 3 aromatic heterocycles. The van der Waals surface area contributed by atoms with E-state index in [4.69, 9.17) is 0 Å². The highest BCUT2D eigenvalue weighted by molar-refractivity contribution is 7.15. The summed E-state index contributed by atoms with van der Waals surface area (Å²) in [5, 5.41) is 11.5. The van der Waals surface area contributed by atoms with E-state index in [-0.39, 0.29) is 5.91 Å². The summed E-state index contributed by atoms with van der Waals surface area (Å²) in [7, 11) is 0. The second-order valence-electron chi connectivity index (χ2n) is 4.30. The number of nitrogens with one attached hydrogen (secondary N) is 2. The third-order valence-electron chi connectivity index (χ3n) is 2.78. The van der Waals surface area contributed by atoms with E-state index >= 15 is 0 Å². The molecule has 1 amide bonds. The van der Waals surface area contributed by atoms with Crippen molar-refractivity contribution in [2.24, 2.45) is 0 Å². The maximum absolute atomic E-state index is 11.9. The van der Waals surface area contributed by atoms with Crippen LogP contribution in [0, 0.1) is 6.92 Å². The van der Waals surface area contributed by atoms with Crippen LogP contribution in [0.2, 0.25) is 0 Å². The largest absolute Gasteiger partial charge is 0.350 e. The maximum Gasteiger partial charge on any atom is 0.226 e. The SMILES string of the molecule is Cc1cn2c(CC(=O)NCc3ccn[nH]3)csc2n1. The number of carbonyl (C=O) groups excluding carboxylic acids is 1. The van der Waals surface area contributed by atoms with Gasteiger partial charge in [-0.05, 0) is 13.0 Å². The third kappa shape index (κ3) is 2.50. The molecular formula is C12H13N5OS. The number of thiazole rings is 1. The summed E-state index contributed by atoms with van der Waals surface area (Å²) in [4.78, 5) is 17.2. The van der Waals surface area contributed by atoms with E-state index in [1.165, 1.54) is 0 Å². The van der Waals surface area contributed by atoms with Crippen molar-refractivity contribution in [3.63, 3.8) is 0 Å². The van der Waals surface area contributed by atoms with Gasteiger partial charge in [-0.2, -0.15) is 5.10 Å². The van der Waals surface area contributed by atoms with Crippen LogP contribution in [0.3, 0.4) is 0 Å². The van der Waals surface area contributed by atoms with Crippen LogP contribution in [0.5, 0.6) is 0 Å². The van der Waals surface area contributed by atoms with Gasteiger partial charge in [0.25, 0.3) is 0 Å². The molecule has 0 fully saturated rings. The highest BCUT2D eigenvalue weighted by Crippen LogP contribution is 2.16. The van der Waals surface area contributed by atoms with Crippen LogP contribution in [-0.2, 0) is 17.8 Å². The van der Waals surface area contributed by atoms with Gasteiger partial charge in [-0.1, -0.05) is 0 Å². The van der Waals surface area contributed by atoms with Gasteiger partial charge in [0, 0.05) is 23.5 Å². The minimum Gasteiger partial charge on any atom is -0.350 e. The number of hydrogen-bond donors (Lipinski definition) is 2. The summed E-state index contributed by atoms with van der Waals surface area (Å²) < 4.78 is 1.97. The van der Waals surface area contributed by atoms with Crippen LogP contribution >= 0.6 is 11.3 Å². The molecule has 0 aromatic carbocycles. The summed E-state index contributed by atoms with van der Waals surface area (Å²) in [5.74, 6) is -0.0133. The van der Waals surface area contributed by atoms with Gasteiger partial charge < -0.3 is 5.32 Å². The average molecular weight is 275 g/mol. The Morgan fingerprint density at radius 3 is 3.26 bits per heavy atom. The van der Waals surface area contributed by atoms with E-state index in [9.17, 15) is 4.79 Å². The van der Waals surface area contributed by atoms with Crippen LogP contribution in [0.25, 0.3) is 4.96 Å². The summed E-state index contributed by atoms with van der Waals surface area (Å²) in [6, 6.07) is 1.84. The molecule has 0 unspecified atom stereocenters. The van der Waals surface area contributed by atoms with Crippen LogP contribution in [0.4, 0.5) is 0 Å². The van der Waals surface area contributed by atoms with Gasteiger partial charge in [-0.15, -0.1) is 11.3 Å². The molecule has 2 N–H and O–H groups in total. The molecule has 0 spiro atoms. The number of H-pyrrole nitrogens is 1. The lowest BCUT2D eigenvalue weighted by Crippen LogP contribution is -2.25. The molecule has 3 heterocycles. The van der Waals surface area contributed by atoms with Crippen LogP contribution in [-0.4, -0.2) is 25.5 Å². The Balaban J connectivity index is 1.65. The van der Waals surface area contributed by atoms with Crippen molar-refractivity contribution in [2.45, 2.75) is 19.9 Å². The lowest BCUT2D eigenvalue weighted by atomic mass is 10.3. The fourth-order valence-corrected chi connectivity index (χ4v) is 2.79. The Hall–Kier alpha value is -2.15. The van der Waals surface area contributed by atoms with Crippen molar-refractivity contribution in [1.29, 1.82) is 0 Å². The molecule has 0 atom stereocenters. The van der Waals surface area contributed by atoms with Crippen molar-refractivity contribution in [2.75, 3.05) is 0 Å². The molecular weight excluding hydrogens is 262 g/mol. The van der Waals surface area contributed by atoms with E-state index in [0.717, 1.165) is 22.0 Å². The van der Waals surface area contributed by atoms with E-state index in [0.29, 0.717) is 13.0 Å². The minimum absolute atomic E-state index is 0.0133. The predicted octanol–water partition coefficient (Wildman–Crippen LogP) is 1.29. The molecule has 19 heavy (non-hydrogen) atoms. The number of rotatable bonds is 4. The molecule has 3 rings (SSSR count). The topological polar surface area (TPSA) is 75.1 Å². The summed E-state index contributed by atoms with van der Waals surface area (Å²) in [6.45, 7) is 2.41. The van der Waals surface area contributed by atoms with Gasteiger partial charge in [0.05, 0.1) is 24.4 Å². The van der Waals surface area contributed by atoms with E-state index < -0.39 is 0 Å². The second-order valence-corrected chi connectivity index (χ2v) is 5.13. The number of fused-ring (bicyclic) bond motifs is 1. The number of amides is 1. The van der Waals surface area contributed by atoms with Crippen molar-refractivity contribution < 1.29 is 4.79 Å². The Kier molecular flexibility index (Phi) is 3.04. The smallest absolute Gasteiger partial charge is 0.226 e. The van der Waals surface area contributed by atoms with Crippen molar-refractivity contribution >= 4 is 22.2 Å². The van der Waals surface area contributed by atoms with Gasteiger partial charge in [0.1, 0.15) is 0 Å². The Bertz CT molecular complexity index is 697. The molecule has 0 radical (unpaired) electrons. The lowest BCUT2D eigenvalue weighted by Gasteiger charge is -2.02. The molecule has 0 bridgehead atoms. The van der Waals surface area contributed by atoms with Gasteiger partial charge in [-0.3, -0.25) is 14.3 Å². The highest BCUT2D eigenvalue weighted by atomic mass is 32.1. The van der Waals surface area contributed by atoms with Gasteiger partial charge >= 0.3 is 0 Å². The van der Waals surface area contributed by atoms with Crippen LogP contribution in [0.1, 0.15) is 17.1 Å². The Morgan fingerprint density at radius 1 is 1.58 bits per heavy atom. The first-order valence-corrected chi connectivity index (χ1v) is 6.77. The average Bonchev–Trinajstić information content (AvgIpc) is 3.06. The van der Waals surface area contributed by atoms with Crippen molar-refractivity contribution in [3.05, 3.63) is 40.9 Å². The van der Waals surface area contributed by atoms with Crippen molar-refractivity contribution in [1.82, 2.24) is 24.9 Å². The first-order chi connectivity index (χ1) is 9.22. The standard InChI is InChI=1S/C12H13N5OS/c1-8-6-17-10(7-19-12(17)15-8)4-11(18)13-5-9-2-3-14-16-9/h2-3,6-7H,4-5H2,1H3,(H,13,18)(H,14,16). The normalized spacial score (nSPS) is 11.0. The second kappa shape index (κ2) is 4.85. The zero-order chi connectivity index (χ0) is 13.2. The number of aromatic amines is 1. The maximum atomic E-state index is 11.9. The van der Waals surface area contributed by atoms with E-state index in [1.807, 2.05) is 29.0 Å². The highest BCUT2D eigenvalue weighted by Gasteiger charge is 2.10. The van der Waals surface area contributed by atoms with Crippen LogP contribution < -0.4 is 5.32 Å².